The van der Waals surface area contributed by atoms with Gasteiger partial charge in [-0.3, -0.25) is 14.6 Å². The number of hydrogen-bond acceptors (Lipinski definition) is 3. The van der Waals surface area contributed by atoms with Crippen LogP contribution in [0.1, 0.15) is 6.92 Å². The average molecular weight is 328 g/mol. The molecule has 1 heterocycles. The summed E-state index contributed by atoms with van der Waals surface area (Å²) < 4.78 is 45.3. The number of ether oxygens (including phenoxy) is 1. The van der Waals surface area contributed by atoms with Crippen LogP contribution in [0.25, 0.3) is 0 Å². The Morgan fingerprint density at radius 2 is 2.17 bits per heavy atom. The highest BCUT2D eigenvalue weighted by Crippen LogP contribution is 2.42. The Bertz CT molecular complexity index is 715. The van der Waals surface area contributed by atoms with Crippen LogP contribution in [0, 0.1) is 18.2 Å². The Balaban J connectivity index is 2.63. The molecular weight excluding hydrogens is 317 g/mol. The van der Waals surface area contributed by atoms with Crippen molar-refractivity contribution in [1.82, 2.24) is 0 Å². The van der Waals surface area contributed by atoms with Crippen LogP contribution in [0.3, 0.4) is 0 Å². The predicted octanol–water partition coefficient (Wildman–Crippen LogP) is 2.28. The lowest BCUT2D eigenvalue weighted by Gasteiger charge is -2.33. The van der Waals surface area contributed by atoms with E-state index in [1.807, 2.05) is 5.92 Å². The standard InChI is InChI=1S/C14H11F3N2O4/c1-3-5-19-10-7-9(18(4-2)13(21)22)8(15)6-11(10)23-14(16,17)12(19)20/h1,6-7H,4-5H2,2H3,(H,21,22). The van der Waals surface area contributed by atoms with Crippen LogP contribution in [-0.4, -0.2) is 36.3 Å². The molecule has 1 aromatic rings. The summed E-state index contributed by atoms with van der Waals surface area (Å²) in [6.45, 7) is 0.863. The number of halogens is 3. The number of benzene rings is 1. The van der Waals surface area contributed by atoms with Crippen LogP contribution in [0.15, 0.2) is 12.1 Å². The highest BCUT2D eigenvalue weighted by atomic mass is 19.3. The first kappa shape index (κ1) is 16.5. The molecule has 9 heteroatoms. The van der Waals surface area contributed by atoms with Crippen molar-refractivity contribution in [2.24, 2.45) is 0 Å². The summed E-state index contributed by atoms with van der Waals surface area (Å²) in [5, 5.41) is 9.05. The first-order chi connectivity index (χ1) is 10.7. The summed E-state index contributed by atoms with van der Waals surface area (Å²) in [4.78, 5) is 24.0. The SMILES string of the molecule is C#CCN1C(=O)C(F)(F)Oc2cc(F)c(N(CC)C(=O)O)cc21. The number of hydrogen-bond donors (Lipinski definition) is 1. The molecule has 0 aromatic heterocycles. The largest absolute Gasteiger partial charge is 0.483 e. The molecule has 122 valence electrons. The van der Waals surface area contributed by atoms with Gasteiger partial charge in [0.25, 0.3) is 0 Å². The number of anilines is 2. The third kappa shape index (κ3) is 2.75. The highest BCUT2D eigenvalue weighted by Gasteiger charge is 2.50. The average Bonchev–Trinajstić information content (AvgIpc) is 2.45. The maximum absolute atomic E-state index is 14.1. The molecule has 1 N–H and O–H groups in total. The zero-order chi connectivity index (χ0) is 17.4. The molecule has 0 unspecified atom stereocenters. The molecule has 6 nitrogen and oxygen atoms in total. The second-order valence-corrected chi connectivity index (χ2v) is 4.51. The number of carbonyl (C=O) groups is 2. The Morgan fingerprint density at radius 3 is 2.70 bits per heavy atom. The van der Waals surface area contributed by atoms with Crippen molar-refractivity contribution in [3.05, 3.63) is 17.9 Å². The first-order valence-electron chi connectivity index (χ1n) is 6.39. The quantitative estimate of drug-likeness (QED) is 0.864. The summed E-state index contributed by atoms with van der Waals surface area (Å²) >= 11 is 0. The van der Waals surface area contributed by atoms with Crippen LogP contribution in [0.5, 0.6) is 5.75 Å². The van der Waals surface area contributed by atoms with Crippen LogP contribution in [0.2, 0.25) is 0 Å². The lowest BCUT2D eigenvalue weighted by atomic mass is 10.1. The van der Waals surface area contributed by atoms with E-state index in [9.17, 15) is 22.8 Å². The minimum absolute atomic E-state index is 0.0921. The Hall–Kier alpha value is -2.89. The molecule has 0 atom stereocenters. The van der Waals surface area contributed by atoms with Gasteiger partial charge in [0.05, 0.1) is 17.9 Å². The Morgan fingerprint density at radius 1 is 1.52 bits per heavy atom. The van der Waals surface area contributed by atoms with Crippen molar-refractivity contribution < 1.29 is 32.6 Å². The van der Waals surface area contributed by atoms with Crippen molar-refractivity contribution in [2.75, 3.05) is 22.9 Å². The fourth-order valence-electron chi connectivity index (χ4n) is 2.14. The summed E-state index contributed by atoms with van der Waals surface area (Å²) in [6.07, 6.45) is -0.566. The smallest absolute Gasteiger partial charge is 0.465 e. The summed E-state index contributed by atoms with van der Waals surface area (Å²) in [5.41, 5.74) is -0.627. The number of rotatable bonds is 3. The molecule has 0 aliphatic carbocycles. The van der Waals surface area contributed by atoms with Gasteiger partial charge in [0.15, 0.2) is 11.6 Å². The zero-order valence-corrected chi connectivity index (χ0v) is 11.8. The van der Waals surface area contributed by atoms with E-state index in [2.05, 4.69) is 4.74 Å². The molecule has 1 aromatic carbocycles. The van der Waals surface area contributed by atoms with Gasteiger partial charge in [-0.05, 0) is 13.0 Å². The van der Waals surface area contributed by atoms with Crippen LogP contribution < -0.4 is 14.5 Å². The molecule has 23 heavy (non-hydrogen) atoms. The lowest BCUT2D eigenvalue weighted by molar-refractivity contribution is -0.192. The molecule has 2 rings (SSSR count). The molecule has 0 spiro atoms. The summed E-state index contributed by atoms with van der Waals surface area (Å²) in [7, 11) is 0. The number of fused-ring (bicyclic) bond motifs is 1. The van der Waals surface area contributed by atoms with Gasteiger partial charge < -0.3 is 9.84 Å². The minimum atomic E-state index is -4.19. The van der Waals surface area contributed by atoms with Gasteiger partial charge >= 0.3 is 18.1 Å². The van der Waals surface area contributed by atoms with E-state index in [4.69, 9.17) is 11.5 Å². The topological polar surface area (TPSA) is 70.1 Å². The number of nitrogens with zero attached hydrogens (tertiary/aromatic N) is 2. The van der Waals surface area contributed by atoms with Gasteiger partial charge in [-0.15, -0.1) is 6.42 Å². The normalized spacial score (nSPS) is 15.4. The fraction of sp³-hybridized carbons (Fsp3) is 0.286. The zero-order valence-electron chi connectivity index (χ0n) is 11.8. The first-order valence-corrected chi connectivity index (χ1v) is 6.39. The van der Waals surface area contributed by atoms with Crippen molar-refractivity contribution in [1.29, 1.82) is 0 Å². The number of carbonyl (C=O) groups excluding carboxylic acids is 1. The number of terminal acetylenes is 1. The van der Waals surface area contributed by atoms with Crippen molar-refractivity contribution >= 4 is 23.4 Å². The van der Waals surface area contributed by atoms with Crippen LogP contribution >= 0.6 is 0 Å². The summed E-state index contributed by atoms with van der Waals surface area (Å²) in [5.74, 6) is -1.36. The highest BCUT2D eigenvalue weighted by molar-refractivity contribution is 6.02. The molecular formula is C14H11F3N2O4. The number of amides is 2. The maximum Gasteiger partial charge on any atom is 0.483 e. The second kappa shape index (κ2) is 5.72. The van der Waals surface area contributed by atoms with Crippen LogP contribution in [0.4, 0.5) is 29.3 Å². The van der Waals surface area contributed by atoms with Gasteiger partial charge in [0, 0.05) is 12.6 Å². The molecule has 0 bridgehead atoms. The third-order valence-corrected chi connectivity index (χ3v) is 3.14. The molecule has 1 aliphatic heterocycles. The van der Waals surface area contributed by atoms with E-state index < -0.39 is 41.9 Å². The van der Waals surface area contributed by atoms with Gasteiger partial charge in [0.1, 0.15) is 0 Å². The monoisotopic (exact) mass is 328 g/mol. The van der Waals surface area contributed by atoms with E-state index in [-0.39, 0.29) is 12.2 Å². The molecule has 0 radical (unpaired) electrons. The van der Waals surface area contributed by atoms with E-state index in [1.165, 1.54) is 6.92 Å². The molecule has 0 saturated heterocycles. The number of alkyl halides is 2. The van der Waals surface area contributed by atoms with Gasteiger partial charge in [-0.1, -0.05) is 5.92 Å². The van der Waals surface area contributed by atoms with E-state index in [0.717, 1.165) is 6.07 Å². The van der Waals surface area contributed by atoms with Gasteiger partial charge in [-0.25, -0.2) is 9.18 Å². The second-order valence-electron chi connectivity index (χ2n) is 4.51. The van der Waals surface area contributed by atoms with Gasteiger partial charge in [0.2, 0.25) is 0 Å². The Kier molecular flexibility index (Phi) is 4.10. The minimum Gasteiger partial charge on any atom is -0.465 e. The van der Waals surface area contributed by atoms with Gasteiger partial charge in [-0.2, -0.15) is 8.78 Å². The van der Waals surface area contributed by atoms with Crippen molar-refractivity contribution in [3.8, 4) is 18.1 Å². The number of carboxylic acid groups (broad SMARTS) is 1. The van der Waals surface area contributed by atoms with Crippen molar-refractivity contribution in [3.63, 3.8) is 0 Å². The lowest BCUT2D eigenvalue weighted by Crippen LogP contribution is -2.51. The van der Waals surface area contributed by atoms with E-state index in [0.29, 0.717) is 15.9 Å². The molecule has 2 amide bonds. The van der Waals surface area contributed by atoms with E-state index in [1.54, 1.807) is 0 Å². The van der Waals surface area contributed by atoms with Crippen LogP contribution in [-0.2, 0) is 4.79 Å². The third-order valence-electron chi connectivity index (χ3n) is 3.14. The fourth-order valence-corrected chi connectivity index (χ4v) is 2.14. The Labute approximate surface area is 129 Å². The summed E-state index contributed by atoms with van der Waals surface area (Å²) in [6, 6.07) is 1.53. The molecule has 0 saturated carbocycles. The van der Waals surface area contributed by atoms with E-state index >= 15 is 0 Å². The predicted molar refractivity (Wildman–Crippen MR) is 74.2 cm³/mol. The maximum atomic E-state index is 14.1. The molecule has 0 fully saturated rings. The molecule has 1 aliphatic rings. The van der Waals surface area contributed by atoms with Crippen molar-refractivity contribution in [2.45, 2.75) is 13.0 Å².